The number of carbonyl (C=O) groups excluding carboxylic acids is 1. The third kappa shape index (κ3) is 7.30. The lowest BCUT2D eigenvalue weighted by Gasteiger charge is -2.26. The lowest BCUT2D eigenvalue weighted by Crippen LogP contribution is -2.36. The predicted octanol–water partition coefficient (Wildman–Crippen LogP) is 1.44. The van der Waals surface area contributed by atoms with Crippen LogP contribution in [0.3, 0.4) is 0 Å². The molecule has 0 spiro atoms. The molecule has 0 rings (SSSR count). The molecule has 4 nitrogen and oxygen atoms in total. The summed E-state index contributed by atoms with van der Waals surface area (Å²) in [6, 6.07) is 1.11. The predicted molar refractivity (Wildman–Crippen MR) is 70.8 cm³/mol. The van der Waals surface area contributed by atoms with E-state index >= 15 is 0 Å². The van der Waals surface area contributed by atoms with Crippen molar-refractivity contribution < 1.29 is 19.0 Å². The van der Waals surface area contributed by atoms with E-state index in [9.17, 15) is 4.79 Å². The van der Waals surface area contributed by atoms with Gasteiger partial charge in [-0.15, -0.1) is 0 Å². The van der Waals surface area contributed by atoms with Crippen LogP contribution in [-0.4, -0.2) is 41.7 Å². The topological polar surface area (TPSA) is 44.8 Å². The molecule has 0 aromatic heterocycles. The second-order valence-corrected chi connectivity index (χ2v) is 6.76. The van der Waals surface area contributed by atoms with E-state index in [-0.39, 0.29) is 11.4 Å². The smallest absolute Gasteiger partial charge is 0.333 e. The minimum atomic E-state index is -0.437. The molecule has 0 aromatic rings. The molecular formula is C12H24O4Si. The average Bonchev–Trinajstić information content (AvgIpc) is 2.32. The SMILES string of the molecule is C=C(C)C(=O)OCCCC[SiH2]C(C)(OC)OC. The molecule has 0 bridgehead atoms. The summed E-state index contributed by atoms with van der Waals surface area (Å²) in [5.74, 6) is -0.305. The number of esters is 1. The molecule has 0 atom stereocenters. The molecule has 0 aliphatic carbocycles. The Balaban J connectivity index is 3.53. The molecule has 5 heteroatoms. The number of carbonyl (C=O) groups is 1. The van der Waals surface area contributed by atoms with Gasteiger partial charge in [0.2, 0.25) is 0 Å². The Hall–Kier alpha value is -0.653. The molecule has 100 valence electrons. The molecule has 0 aliphatic heterocycles. The van der Waals surface area contributed by atoms with Crippen LogP contribution in [0.1, 0.15) is 26.7 Å². The molecule has 0 radical (unpaired) electrons. The Morgan fingerprint density at radius 1 is 1.29 bits per heavy atom. The third-order valence-corrected chi connectivity index (χ3v) is 5.06. The first kappa shape index (κ1) is 16.3. The van der Waals surface area contributed by atoms with Crippen molar-refractivity contribution in [3.05, 3.63) is 12.2 Å². The van der Waals surface area contributed by atoms with Gasteiger partial charge >= 0.3 is 5.97 Å². The molecule has 0 fully saturated rings. The Labute approximate surface area is 106 Å². The second-order valence-electron chi connectivity index (χ2n) is 4.27. The summed E-state index contributed by atoms with van der Waals surface area (Å²) >= 11 is 0. The second kappa shape index (κ2) is 8.44. The quantitative estimate of drug-likeness (QED) is 0.207. The van der Waals surface area contributed by atoms with Gasteiger partial charge in [0, 0.05) is 19.8 Å². The van der Waals surface area contributed by atoms with Crippen molar-refractivity contribution >= 4 is 15.5 Å². The largest absolute Gasteiger partial charge is 0.462 e. The Kier molecular flexibility index (Phi) is 8.12. The fraction of sp³-hybridized carbons (Fsp3) is 0.750. The van der Waals surface area contributed by atoms with Crippen LogP contribution in [0.25, 0.3) is 0 Å². The zero-order valence-electron chi connectivity index (χ0n) is 11.4. The fourth-order valence-corrected chi connectivity index (χ4v) is 2.95. The minimum absolute atomic E-state index is 0.305. The summed E-state index contributed by atoms with van der Waals surface area (Å²) in [6.45, 7) is 7.62. The van der Waals surface area contributed by atoms with Gasteiger partial charge in [0.1, 0.15) is 5.41 Å². The van der Waals surface area contributed by atoms with E-state index < -0.39 is 9.52 Å². The van der Waals surface area contributed by atoms with E-state index in [1.165, 1.54) is 0 Å². The van der Waals surface area contributed by atoms with Gasteiger partial charge in [-0.25, -0.2) is 4.79 Å². The van der Waals surface area contributed by atoms with Crippen LogP contribution in [0.15, 0.2) is 12.2 Å². The number of unbranched alkanes of at least 4 members (excludes halogenated alkanes) is 1. The van der Waals surface area contributed by atoms with Crippen molar-refractivity contribution in [2.75, 3.05) is 20.8 Å². The summed E-state index contributed by atoms with van der Waals surface area (Å²) in [7, 11) is 2.91. The average molecular weight is 260 g/mol. The minimum Gasteiger partial charge on any atom is -0.462 e. The zero-order valence-corrected chi connectivity index (χ0v) is 12.8. The molecule has 0 saturated carbocycles. The van der Waals surface area contributed by atoms with Gasteiger partial charge in [0.25, 0.3) is 0 Å². The van der Waals surface area contributed by atoms with E-state index in [4.69, 9.17) is 14.2 Å². The molecule has 0 aliphatic rings. The van der Waals surface area contributed by atoms with E-state index in [0.29, 0.717) is 12.2 Å². The maximum atomic E-state index is 11.1. The van der Waals surface area contributed by atoms with Gasteiger partial charge in [0.15, 0.2) is 0 Å². The monoisotopic (exact) mass is 260 g/mol. The van der Waals surface area contributed by atoms with Gasteiger partial charge in [-0.1, -0.05) is 19.0 Å². The normalized spacial score (nSPS) is 12.0. The summed E-state index contributed by atoms with van der Waals surface area (Å²) in [5.41, 5.74) is 0.0831. The Morgan fingerprint density at radius 3 is 2.35 bits per heavy atom. The summed E-state index contributed by atoms with van der Waals surface area (Å²) in [6.07, 6.45) is 1.92. The standard InChI is InChI=1S/C12H24O4Si/c1-10(2)11(13)16-8-6-7-9-17-12(3,14-4)15-5/h1,6-9,17H2,2-5H3. The van der Waals surface area contributed by atoms with Gasteiger partial charge in [-0.3, -0.25) is 0 Å². The highest BCUT2D eigenvalue weighted by atomic mass is 28.2. The highest BCUT2D eigenvalue weighted by molar-refractivity contribution is 6.38. The van der Waals surface area contributed by atoms with Crippen molar-refractivity contribution in [3.63, 3.8) is 0 Å². The number of rotatable bonds is 9. The first-order valence-corrected chi connectivity index (χ1v) is 7.59. The van der Waals surface area contributed by atoms with E-state index in [1.54, 1.807) is 21.1 Å². The van der Waals surface area contributed by atoms with Crippen molar-refractivity contribution in [1.29, 1.82) is 0 Å². The van der Waals surface area contributed by atoms with Crippen LogP contribution in [0, 0.1) is 0 Å². The van der Waals surface area contributed by atoms with E-state index in [1.807, 2.05) is 6.92 Å². The summed E-state index contributed by atoms with van der Waals surface area (Å²) in [5, 5.41) is 0. The molecule has 0 aromatic carbocycles. The van der Waals surface area contributed by atoms with Crippen molar-refractivity contribution in [1.82, 2.24) is 0 Å². The molecule has 0 saturated heterocycles. The van der Waals surface area contributed by atoms with Crippen LogP contribution >= 0.6 is 0 Å². The van der Waals surface area contributed by atoms with Crippen LogP contribution in [0.2, 0.25) is 6.04 Å². The summed E-state index contributed by atoms with van der Waals surface area (Å²) < 4.78 is 15.6. The maximum absolute atomic E-state index is 11.1. The molecule has 0 heterocycles. The van der Waals surface area contributed by atoms with Crippen molar-refractivity contribution in [2.24, 2.45) is 0 Å². The van der Waals surface area contributed by atoms with Gasteiger partial charge < -0.3 is 14.2 Å². The first-order valence-electron chi connectivity index (χ1n) is 5.88. The maximum Gasteiger partial charge on any atom is 0.333 e. The van der Waals surface area contributed by atoms with Crippen molar-refractivity contribution in [2.45, 2.75) is 38.1 Å². The van der Waals surface area contributed by atoms with Gasteiger partial charge in [-0.2, -0.15) is 0 Å². The van der Waals surface area contributed by atoms with Crippen LogP contribution in [-0.2, 0) is 19.0 Å². The molecule has 0 unspecified atom stereocenters. The van der Waals surface area contributed by atoms with Gasteiger partial charge in [-0.05, 0) is 20.3 Å². The lowest BCUT2D eigenvalue weighted by molar-refractivity contribution is -0.139. The molecule has 0 N–H and O–H groups in total. The van der Waals surface area contributed by atoms with Crippen LogP contribution in [0.4, 0.5) is 0 Å². The summed E-state index contributed by atoms with van der Waals surface area (Å²) in [4.78, 5) is 11.1. The zero-order chi connectivity index (χ0) is 13.3. The van der Waals surface area contributed by atoms with Crippen LogP contribution < -0.4 is 0 Å². The molecule has 0 amide bonds. The lowest BCUT2D eigenvalue weighted by atomic mass is 10.3. The first-order chi connectivity index (χ1) is 7.95. The highest BCUT2D eigenvalue weighted by Crippen LogP contribution is 2.11. The van der Waals surface area contributed by atoms with E-state index in [0.717, 1.165) is 18.9 Å². The molecular weight excluding hydrogens is 236 g/mol. The number of hydrogen-bond donors (Lipinski definition) is 0. The number of hydrogen-bond acceptors (Lipinski definition) is 4. The van der Waals surface area contributed by atoms with Gasteiger partial charge in [0.05, 0.1) is 16.1 Å². The highest BCUT2D eigenvalue weighted by Gasteiger charge is 2.21. The van der Waals surface area contributed by atoms with Crippen LogP contribution in [0.5, 0.6) is 0 Å². The Morgan fingerprint density at radius 2 is 1.88 bits per heavy atom. The number of methoxy groups -OCH3 is 2. The fourth-order valence-electron chi connectivity index (χ4n) is 1.30. The van der Waals surface area contributed by atoms with Crippen molar-refractivity contribution in [3.8, 4) is 0 Å². The van der Waals surface area contributed by atoms with E-state index in [2.05, 4.69) is 6.58 Å². The Bertz CT molecular complexity index is 249. The molecule has 17 heavy (non-hydrogen) atoms. The third-order valence-electron chi connectivity index (χ3n) is 2.72. The number of ether oxygens (including phenoxy) is 3.